The highest BCUT2D eigenvalue weighted by molar-refractivity contribution is 5.93. The van der Waals surface area contributed by atoms with Crippen LogP contribution in [0.1, 0.15) is 10.4 Å². The van der Waals surface area contributed by atoms with Gasteiger partial charge in [0.05, 0.1) is 0 Å². The van der Waals surface area contributed by atoms with Gasteiger partial charge in [-0.1, -0.05) is 30.3 Å². The Morgan fingerprint density at radius 3 is 2.26 bits per heavy atom. The van der Waals surface area contributed by atoms with Gasteiger partial charge in [0.1, 0.15) is 18.0 Å². The number of hydrogen-bond acceptors (Lipinski definition) is 6. The lowest BCUT2D eigenvalue weighted by atomic mass is 10.1. The molecule has 0 unspecified atom stereocenters. The largest absolute Gasteiger partial charge is 0.457 e. The highest BCUT2D eigenvalue weighted by Gasteiger charge is 2.10. The molecule has 3 aromatic carbocycles. The molecule has 0 radical (unpaired) electrons. The number of anilines is 1. The molecule has 0 saturated heterocycles. The molecule has 1 heterocycles. The molecule has 0 bridgehead atoms. The van der Waals surface area contributed by atoms with Gasteiger partial charge in [0.2, 0.25) is 17.6 Å². The lowest BCUT2D eigenvalue weighted by molar-refractivity contribution is -0.117. The van der Waals surface area contributed by atoms with Gasteiger partial charge in [0, 0.05) is 16.8 Å². The Labute approximate surface area is 177 Å². The molecular formula is C22H18N6O3. The Kier molecular flexibility index (Phi) is 5.66. The van der Waals surface area contributed by atoms with Crippen LogP contribution in [0.5, 0.6) is 11.5 Å². The van der Waals surface area contributed by atoms with Gasteiger partial charge < -0.3 is 15.8 Å². The summed E-state index contributed by atoms with van der Waals surface area (Å²) >= 11 is 0. The predicted octanol–water partition coefficient (Wildman–Crippen LogP) is 2.87. The highest BCUT2D eigenvalue weighted by Crippen LogP contribution is 2.22. The minimum absolute atomic E-state index is 0.103. The van der Waals surface area contributed by atoms with E-state index in [1.807, 2.05) is 30.3 Å². The normalized spacial score (nSPS) is 10.5. The Balaban J connectivity index is 1.34. The van der Waals surface area contributed by atoms with Crippen molar-refractivity contribution in [3.63, 3.8) is 0 Å². The first kappa shape index (κ1) is 19.8. The number of primary amides is 1. The standard InChI is InChI=1S/C22H18N6O3/c23-21(30)15-6-8-16(9-7-15)22-25-27-28(26-22)14-20(29)24-17-10-12-19(13-11-17)31-18-4-2-1-3-5-18/h1-13H,14H2,(H2,23,30)(H,24,29). The average molecular weight is 414 g/mol. The summed E-state index contributed by atoms with van der Waals surface area (Å²) in [6.07, 6.45) is 0. The van der Waals surface area contributed by atoms with Gasteiger partial charge >= 0.3 is 0 Å². The smallest absolute Gasteiger partial charge is 0.248 e. The SMILES string of the molecule is NC(=O)c1ccc(-c2nnn(CC(=O)Nc3ccc(Oc4ccccc4)cc3)n2)cc1. The fraction of sp³-hybridized carbons (Fsp3) is 0.0455. The molecule has 0 aliphatic rings. The van der Waals surface area contributed by atoms with Crippen LogP contribution in [0, 0.1) is 0 Å². The quantitative estimate of drug-likeness (QED) is 0.479. The third-order valence-corrected chi connectivity index (χ3v) is 4.28. The molecule has 4 rings (SSSR count). The van der Waals surface area contributed by atoms with E-state index in [4.69, 9.17) is 10.5 Å². The monoisotopic (exact) mass is 414 g/mol. The van der Waals surface area contributed by atoms with Gasteiger partial charge in [0.15, 0.2) is 0 Å². The molecule has 4 aromatic rings. The van der Waals surface area contributed by atoms with Crippen molar-refractivity contribution in [3.8, 4) is 22.9 Å². The van der Waals surface area contributed by atoms with Crippen molar-refractivity contribution >= 4 is 17.5 Å². The van der Waals surface area contributed by atoms with Crippen LogP contribution in [-0.4, -0.2) is 32.0 Å². The van der Waals surface area contributed by atoms with Crippen molar-refractivity contribution in [2.75, 3.05) is 5.32 Å². The van der Waals surface area contributed by atoms with Crippen LogP contribution in [0.3, 0.4) is 0 Å². The molecule has 0 saturated carbocycles. The Bertz CT molecular complexity index is 1190. The molecule has 0 aliphatic carbocycles. The van der Waals surface area contributed by atoms with Gasteiger partial charge in [0.25, 0.3) is 0 Å². The number of carbonyl (C=O) groups excluding carboxylic acids is 2. The fourth-order valence-electron chi connectivity index (χ4n) is 2.77. The minimum atomic E-state index is -0.514. The number of tetrazole rings is 1. The number of ether oxygens (including phenoxy) is 1. The van der Waals surface area contributed by atoms with Gasteiger partial charge in [-0.05, 0) is 53.7 Å². The molecule has 3 N–H and O–H groups in total. The molecule has 0 aliphatic heterocycles. The molecular weight excluding hydrogens is 396 g/mol. The minimum Gasteiger partial charge on any atom is -0.457 e. The Morgan fingerprint density at radius 2 is 1.58 bits per heavy atom. The maximum Gasteiger partial charge on any atom is 0.248 e. The van der Waals surface area contributed by atoms with Gasteiger partial charge in [-0.15, -0.1) is 10.2 Å². The molecule has 9 nitrogen and oxygen atoms in total. The van der Waals surface area contributed by atoms with Crippen molar-refractivity contribution in [2.24, 2.45) is 5.73 Å². The second-order valence-corrected chi connectivity index (χ2v) is 6.57. The first-order valence-corrected chi connectivity index (χ1v) is 9.38. The van der Waals surface area contributed by atoms with Crippen LogP contribution in [0.25, 0.3) is 11.4 Å². The van der Waals surface area contributed by atoms with E-state index in [1.54, 1.807) is 48.5 Å². The van der Waals surface area contributed by atoms with E-state index in [0.717, 1.165) is 5.75 Å². The van der Waals surface area contributed by atoms with Crippen LogP contribution in [-0.2, 0) is 11.3 Å². The number of nitrogens with two attached hydrogens (primary N) is 1. The van der Waals surface area contributed by atoms with Crippen LogP contribution in [0.4, 0.5) is 5.69 Å². The number of benzene rings is 3. The van der Waals surface area contributed by atoms with E-state index < -0.39 is 5.91 Å². The topological polar surface area (TPSA) is 125 Å². The first-order valence-electron chi connectivity index (χ1n) is 9.38. The number of carbonyl (C=O) groups is 2. The Hall–Kier alpha value is -4.53. The van der Waals surface area contributed by atoms with Crippen molar-refractivity contribution < 1.29 is 14.3 Å². The van der Waals surface area contributed by atoms with Crippen molar-refractivity contribution in [1.82, 2.24) is 20.2 Å². The van der Waals surface area contributed by atoms with Crippen LogP contribution < -0.4 is 15.8 Å². The van der Waals surface area contributed by atoms with Crippen molar-refractivity contribution in [3.05, 3.63) is 84.4 Å². The second-order valence-electron chi connectivity index (χ2n) is 6.57. The van der Waals surface area contributed by atoms with Crippen LogP contribution >= 0.6 is 0 Å². The molecule has 0 atom stereocenters. The van der Waals surface area contributed by atoms with Gasteiger partial charge in [-0.2, -0.15) is 4.80 Å². The maximum absolute atomic E-state index is 12.3. The van der Waals surface area contributed by atoms with E-state index in [0.29, 0.717) is 28.4 Å². The Morgan fingerprint density at radius 1 is 0.903 bits per heavy atom. The lowest BCUT2D eigenvalue weighted by Crippen LogP contribution is -2.20. The maximum atomic E-state index is 12.3. The summed E-state index contributed by atoms with van der Waals surface area (Å²) in [4.78, 5) is 24.6. The molecule has 1 aromatic heterocycles. The summed E-state index contributed by atoms with van der Waals surface area (Å²) in [6.45, 7) is -0.103. The van der Waals surface area contributed by atoms with E-state index in [9.17, 15) is 9.59 Å². The van der Waals surface area contributed by atoms with Crippen molar-refractivity contribution in [1.29, 1.82) is 0 Å². The van der Waals surface area contributed by atoms with E-state index in [2.05, 4.69) is 20.7 Å². The number of nitrogens with zero attached hydrogens (tertiary/aromatic N) is 4. The summed E-state index contributed by atoms with van der Waals surface area (Å²) in [6, 6.07) is 22.9. The van der Waals surface area contributed by atoms with Crippen LogP contribution in [0.2, 0.25) is 0 Å². The number of amides is 2. The molecule has 31 heavy (non-hydrogen) atoms. The summed E-state index contributed by atoms with van der Waals surface area (Å²) in [5, 5.41) is 14.8. The second kappa shape index (κ2) is 8.87. The molecule has 2 amide bonds. The average Bonchev–Trinajstić information content (AvgIpc) is 3.24. The summed E-state index contributed by atoms with van der Waals surface area (Å²) < 4.78 is 5.73. The third-order valence-electron chi connectivity index (χ3n) is 4.28. The molecule has 0 spiro atoms. The summed E-state index contributed by atoms with van der Waals surface area (Å²) in [7, 11) is 0. The third kappa shape index (κ3) is 5.10. The number of para-hydroxylation sites is 1. The summed E-state index contributed by atoms with van der Waals surface area (Å²) in [5.41, 5.74) is 6.89. The fourth-order valence-corrected chi connectivity index (χ4v) is 2.77. The van der Waals surface area contributed by atoms with E-state index in [1.165, 1.54) is 4.80 Å². The van der Waals surface area contributed by atoms with E-state index in [-0.39, 0.29) is 12.5 Å². The van der Waals surface area contributed by atoms with Gasteiger partial charge in [-0.25, -0.2) is 0 Å². The van der Waals surface area contributed by atoms with Gasteiger partial charge in [-0.3, -0.25) is 9.59 Å². The lowest BCUT2D eigenvalue weighted by Gasteiger charge is -2.07. The molecule has 154 valence electrons. The summed E-state index contributed by atoms with van der Waals surface area (Å²) in [5.74, 6) is 0.918. The zero-order chi connectivity index (χ0) is 21.6. The zero-order valence-electron chi connectivity index (χ0n) is 16.3. The van der Waals surface area contributed by atoms with Crippen molar-refractivity contribution in [2.45, 2.75) is 6.54 Å². The number of nitrogens with one attached hydrogen (secondary N) is 1. The first-order chi connectivity index (χ1) is 15.1. The molecule has 0 fully saturated rings. The van der Waals surface area contributed by atoms with Crippen LogP contribution in [0.15, 0.2) is 78.9 Å². The predicted molar refractivity (Wildman–Crippen MR) is 113 cm³/mol. The highest BCUT2D eigenvalue weighted by atomic mass is 16.5. The number of aromatic nitrogens is 4. The molecule has 9 heteroatoms. The number of rotatable bonds is 7. The zero-order valence-corrected chi connectivity index (χ0v) is 16.3. The van der Waals surface area contributed by atoms with E-state index >= 15 is 0 Å². The number of hydrogen-bond donors (Lipinski definition) is 2.